The molecule has 1 rings (SSSR count). The van der Waals surface area contributed by atoms with Gasteiger partial charge in [0.15, 0.2) is 0 Å². The Balaban J connectivity index is 2.36. The van der Waals surface area contributed by atoms with Gasteiger partial charge in [-0.1, -0.05) is 25.1 Å². The molecular formula is C13H23N3O4S2. The first-order valence-corrected chi connectivity index (χ1v) is 10.2. The number of nitrogens with one attached hydrogen (secondary N) is 3. The van der Waals surface area contributed by atoms with Crippen molar-refractivity contribution in [1.29, 1.82) is 0 Å². The second-order valence-electron chi connectivity index (χ2n) is 4.67. The summed E-state index contributed by atoms with van der Waals surface area (Å²) >= 11 is 0. The molecule has 0 unspecified atom stereocenters. The van der Waals surface area contributed by atoms with E-state index in [-0.39, 0.29) is 23.7 Å². The SMILES string of the molecule is CCCNCCNS(=O)(=O)CCNS(=O)(=O)c1ccccc1. The van der Waals surface area contributed by atoms with Crippen LogP contribution in [0.5, 0.6) is 0 Å². The van der Waals surface area contributed by atoms with Crippen molar-refractivity contribution in [2.75, 3.05) is 31.9 Å². The van der Waals surface area contributed by atoms with Crippen molar-refractivity contribution in [3.05, 3.63) is 30.3 Å². The highest BCUT2D eigenvalue weighted by Crippen LogP contribution is 2.06. The van der Waals surface area contributed by atoms with Gasteiger partial charge in [-0.05, 0) is 25.1 Å². The van der Waals surface area contributed by atoms with Crippen LogP contribution >= 0.6 is 0 Å². The van der Waals surface area contributed by atoms with Crippen molar-refractivity contribution in [1.82, 2.24) is 14.8 Å². The van der Waals surface area contributed by atoms with Crippen LogP contribution in [0.2, 0.25) is 0 Å². The molecule has 0 aliphatic heterocycles. The Hall–Kier alpha value is -1.00. The van der Waals surface area contributed by atoms with Gasteiger partial charge in [0.1, 0.15) is 0 Å². The normalized spacial score (nSPS) is 12.4. The maximum absolute atomic E-state index is 11.9. The van der Waals surface area contributed by atoms with Crippen LogP contribution in [0.15, 0.2) is 35.2 Å². The quantitative estimate of drug-likeness (QED) is 0.483. The van der Waals surface area contributed by atoms with Crippen molar-refractivity contribution in [2.45, 2.75) is 18.2 Å². The summed E-state index contributed by atoms with van der Waals surface area (Å²) in [5, 5.41) is 3.07. The highest BCUT2D eigenvalue weighted by Gasteiger charge is 2.15. The van der Waals surface area contributed by atoms with Crippen molar-refractivity contribution in [3.63, 3.8) is 0 Å². The predicted molar refractivity (Wildman–Crippen MR) is 86.6 cm³/mol. The van der Waals surface area contributed by atoms with E-state index >= 15 is 0 Å². The summed E-state index contributed by atoms with van der Waals surface area (Å²) in [6.45, 7) is 3.51. The Kier molecular flexibility index (Phi) is 7.97. The Morgan fingerprint density at radius 1 is 0.864 bits per heavy atom. The van der Waals surface area contributed by atoms with E-state index in [0.29, 0.717) is 6.54 Å². The second kappa shape index (κ2) is 9.21. The van der Waals surface area contributed by atoms with Crippen LogP contribution in [-0.4, -0.2) is 48.8 Å². The predicted octanol–water partition coefficient (Wildman–Crippen LogP) is -0.116. The molecule has 9 heteroatoms. The number of hydrogen-bond donors (Lipinski definition) is 3. The number of hydrogen-bond acceptors (Lipinski definition) is 5. The van der Waals surface area contributed by atoms with Crippen LogP contribution < -0.4 is 14.8 Å². The van der Waals surface area contributed by atoms with Crippen LogP contribution in [0, 0.1) is 0 Å². The van der Waals surface area contributed by atoms with Gasteiger partial charge < -0.3 is 5.32 Å². The first-order chi connectivity index (χ1) is 10.4. The van der Waals surface area contributed by atoms with Gasteiger partial charge in [0.25, 0.3) is 0 Å². The smallest absolute Gasteiger partial charge is 0.240 e. The lowest BCUT2D eigenvalue weighted by Gasteiger charge is -2.09. The maximum Gasteiger partial charge on any atom is 0.240 e. The van der Waals surface area contributed by atoms with Crippen LogP contribution in [-0.2, 0) is 20.0 Å². The molecule has 0 amide bonds. The van der Waals surface area contributed by atoms with E-state index in [1.165, 1.54) is 12.1 Å². The van der Waals surface area contributed by atoms with E-state index < -0.39 is 20.0 Å². The molecule has 0 saturated carbocycles. The molecule has 22 heavy (non-hydrogen) atoms. The standard InChI is InChI=1S/C13H23N3O4S2/c1-2-8-14-9-10-15-21(17,18)12-11-16-22(19,20)13-6-4-3-5-7-13/h3-7,14-16H,2,8-12H2,1H3. The molecule has 0 bridgehead atoms. The van der Waals surface area contributed by atoms with E-state index in [9.17, 15) is 16.8 Å². The van der Waals surface area contributed by atoms with Crippen molar-refractivity contribution < 1.29 is 16.8 Å². The minimum Gasteiger partial charge on any atom is -0.315 e. The van der Waals surface area contributed by atoms with Gasteiger partial charge in [-0.15, -0.1) is 0 Å². The van der Waals surface area contributed by atoms with E-state index in [1.54, 1.807) is 18.2 Å². The third-order valence-electron chi connectivity index (χ3n) is 2.77. The molecular weight excluding hydrogens is 326 g/mol. The summed E-state index contributed by atoms with van der Waals surface area (Å²) in [4.78, 5) is 0.115. The van der Waals surface area contributed by atoms with Gasteiger partial charge in [0, 0.05) is 19.6 Å². The molecule has 126 valence electrons. The molecule has 0 fully saturated rings. The Labute approximate surface area is 132 Å². The van der Waals surface area contributed by atoms with Crippen molar-refractivity contribution in [3.8, 4) is 0 Å². The van der Waals surface area contributed by atoms with Crippen LogP contribution in [0.4, 0.5) is 0 Å². The summed E-state index contributed by atoms with van der Waals surface area (Å²) < 4.78 is 52.0. The first kappa shape index (κ1) is 19.0. The molecule has 7 nitrogen and oxygen atoms in total. The fraction of sp³-hybridized carbons (Fsp3) is 0.538. The van der Waals surface area contributed by atoms with Gasteiger partial charge in [-0.2, -0.15) is 0 Å². The minimum atomic E-state index is -3.67. The Morgan fingerprint density at radius 2 is 1.55 bits per heavy atom. The van der Waals surface area contributed by atoms with Crippen LogP contribution in [0.25, 0.3) is 0 Å². The summed E-state index contributed by atoms with van der Waals surface area (Å²) in [5.74, 6) is -0.299. The largest absolute Gasteiger partial charge is 0.315 e. The number of sulfonamides is 2. The lowest BCUT2D eigenvalue weighted by molar-refractivity contribution is 0.571. The van der Waals surface area contributed by atoms with Gasteiger partial charge >= 0.3 is 0 Å². The minimum absolute atomic E-state index is 0.115. The summed E-state index contributed by atoms with van der Waals surface area (Å²) in [7, 11) is -7.16. The zero-order valence-corrected chi connectivity index (χ0v) is 14.2. The van der Waals surface area contributed by atoms with Crippen molar-refractivity contribution in [2.24, 2.45) is 0 Å². The second-order valence-corrected chi connectivity index (χ2v) is 8.37. The molecule has 0 atom stereocenters. The molecule has 0 heterocycles. The summed E-state index contributed by atoms with van der Waals surface area (Å²) in [5.41, 5.74) is 0. The molecule has 0 radical (unpaired) electrons. The molecule has 0 aliphatic rings. The molecule has 1 aromatic rings. The molecule has 3 N–H and O–H groups in total. The highest BCUT2D eigenvalue weighted by molar-refractivity contribution is 7.90. The molecule has 1 aromatic carbocycles. The molecule has 0 aliphatic carbocycles. The fourth-order valence-corrected chi connectivity index (χ4v) is 3.77. The maximum atomic E-state index is 11.9. The average Bonchev–Trinajstić information content (AvgIpc) is 2.47. The number of benzene rings is 1. The lowest BCUT2D eigenvalue weighted by Crippen LogP contribution is -2.37. The summed E-state index contributed by atoms with van der Waals surface area (Å²) in [6.07, 6.45) is 0.980. The van der Waals surface area contributed by atoms with E-state index in [4.69, 9.17) is 0 Å². The van der Waals surface area contributed by atoms with E-state index in [2.05, 4.69) is 14.8 Å². The third-order valence-corrected chi connectivity index (χ3v) is 5.63. The zero-order valence-electron chi connectivity index (χ0n) is 12.6. The van der Waals surface area contributed by atoms with Crippen LogP contribution in [0.3, 0.4) is 0 Å². The molecule has 0 saturated heterocycles. The van der Waals surface area contributed by atoms with Gasteiger partial charge in [0.05, 0.1) is 10.6 Å². The molecule has 0 aromatic heterocycles. The Morgan fingerprint density at radius 3 is 2.18 bits per heavy atom. The van der Waals surface area contributed by atoms with E-state index in [1.807, 2.05) is 6.92 Å². The fourth-order valence-electron chi connectivity index (χ4n) is 1.66. The number of rotatable bonds is 11. The average molecular weight is 349 g/mol. The first-order valence-electron chi connectivity index (χ1n) is 7.10. The van der Waals surface area contributed by atoms with Crippen LogP contribution in [0.1, 0.15) is 13.3 Å². The Bertz CT molecular complexity index is 631. The van der Waals surface area contributed by atoms with Gasteiger partial charge in [-0.25, -0.2) is 26.3 Å². The highest BCUT2D eigenvalue weighted by atomic mass is 32.2. The van der Waals surface area contributed by atoms with Gasteiger partial charge in [-0.3, -0.25) is 0 Å². The molecule has 0 spiro atoms. The lowest BCUT2D eigenvalue weighted by atomic mass is 10.4. The summed E-state index contributed by atoms with van der Waals surface area (Å²) in [6, 6.07) is 7.83. The topological polar surface area (TPSA) is 104 Å². The van der Waals surface area contributed by atoms with Crippen molar-refractivity contribution >= 4 is 20.0 Å². The third kappa shape index (κ3) is 7.32. The zero-order chi connectivity index (χ0) is 16.5. The van der Waals surface area contributed by atoms with Gasteiger partial charge in [0.2, 0.25) is 20.0 Å². The monoisotopic (exact) mass is 349 g/mol. The van der Waals surface area contributed by atoms with E-state index in [0.717, 1.165) is 13.0 Å².